The zero-order valence-corrected chi connectivity index (χ0v) is 9.73. The number of oxazole rings is 1. The Bertz CT molecular complexity index is 491. The number of hydrogen-bond acceptors (Lipinski definition) is 4. The third-order valence-corrected chi connectivity index (χ3v) is 2.61. The van der Waals surface area contributed by atoms with Crippen LogP contribution in [0.25, 0.3) is 11.1 Å². The van der Waals surface area contributed by atoms with Gasteiger partial charge in [0.25, 0.3) is 0 Å². The summed E-state index contributed by atoms with van der Waals surface area (Å²) < 4.78 is 10.7. The second-order valence-corrected chi connectivity index (χ2v) is 4.16. The highest BCUT2D eigenvalue weighted by Gasteiger charge is 2.17. The molecule has 0 aliphatic carbocycles. The molecule has 1 heterocycles. The molecule has 0 radical (unpaired) electrons. The maximum atomic E-state index is 5.98. The maximum absolute atomic E-state index is 5.98. The van der Waals surface area contributed by atoms with Gasteiger partial charge in [0.1, 0.15) is 11.3 Å². The lowest BCUT2D eigenvalue weighted by Crippen LogP contribution is -2.16. The highest BCUT2D eigenvalue weighted by Crippen LogP contribution is 2.25. The first-order valence-corrected chi connectivity index (χ1v) is 5.32. The van der Waals surface area contributed by atoms with E-state index < -0.39 is 0 Å². The van der Waals surface area contributed by atoms with Crippen LogP contribution in [0.5, 0.6) is 5.75 Å². The third-order valence-electron chi connectivity index (χ3n) is 2.61. The van der Waals surface area contributed by atoms with Crippen molar-refractivity contribution in [2.24, 2.45) is 11.7 Å². The van der Waals surface area contributed by atoms with Crippen LogP contribution in [0.2, 0.25) is 0 Å². The van der Waals surface area contributed by atoms with Crippen LogP contribution in [0, 0.1) is 5.92 Å². The van der Waals surface area contributed by atoms with Gasteiger partial charge in [-0.1, -0.05) is 13.8 Å². The Kier molecular flexibility index (Phi) is 2.83. The van der Waals surface area contributed by atoms with E-state index in [4.69, 9.17) is 14.9 Å². The largest absolute Gasteiger partial charge is 0.497 e. The molecule has 2 N–H and O–H groups in total. The van der Waals surface area contributed by atoms with E-state index in [1.165, 1.54) is 0 Å². The van der Waals surface area contributed by atoms with E-state index in [1.807, 2.05) is 32.0 Å². The highest BCUT2D eigenvalue weighted by molar-refractivity contribution is 5.74. The van der Waals surface area contributed by atoms with Gasteiger partial charge < -0.3 is 14.9 Å². The van der Waals surface area contributed by atoms with E-state index in [1.54, 1.807) is 7.11 Å². The van der Waals surface area contributed by atoms with Crippen LogP contribution < -0.4 is 10.5 Å². The van der Waals surface area contributed by atoms with Crippen LogP contribution >= 0.6 is 0 Å². The number of benzene rings is 1. The van der Waals surface area contributed by atoms with Crippen molar-refractivity contribution in [1.82, 2.24) is 4.98 Å². The zero-order valence-electron chi connectivity index (χ0n) is 9.73. The lowest BCUT2D eigenvalue weighted by Gasteiger charge is -2.10. The van der Waals surface area contributed by atoms with Crippen molar-refractivity contribution >= 4 is 11.1 Å². The van der Waals surface area contributed by atoms with Gasteiger partial charge in [-0.05, 0) is 18.1 Å². The minimum Gasteiger partial charge on any atom is -0.497 e. The van der Waals surface area contributed by atoms with Crippen molar-refractivity contribution in [1.29, 1.82) is 0 Å². The number of nitrogens with zero attached hydrogens (tertiary/aromatic N) is 1. The zero-order chi connectivity index (χ0) is 11.7. The summed E-state index contributed by atoms with van der Waals surface area (Å²) in [7, 11) is 1.63. The quantitative estimate of drug-likeness (QED) is 0.863. The van der Waals surface area contributed by atoms with E-state index in [0.29, 0.717) is 11.8 Å². The topological polar surface area (TPSA) is 61.3 Å². The van der Waals surface area contributed by atoms with Crippen molar-refractivity contribution in [2.45, 2.75) is 19.9 Å². The summed E-state index contributed by atoms with van der Waals surface area (Å²) in [5.41, 5.74) is 7.51. The third kappa shape index (κ3) is 1.88. The van der Waals surface area contributed by atoms with E-state index in [2.05, 4.69) is 4.98 Å². The normalized spacial score (nSPS) is 13.3. The Morgan fingerprint density at radius 3 is 2.75 bits per heavy atom. The van der Waals surface area contributed by atoms with Gasteiger partial charge in [-0.3, -0.25) is 0 Å². The fourth-order valence-electron chi connectivity index (χ4n) is 1.48. The summed E-state index contributed by atoms with van der Waals surface area (Å²) in [6.07, 6.45) is 0. The van der Waals surface area contributed by atoms with Gasteiger partial charge in [-0.15, -0.1) is 0 Å². The Morgan fingerprint density at radius 2 is 2.12 bits per heavy atom. The van der Waals surface area contributed by atoms with E-state index in [-0.39, 0.29) is 6.04 Å². The number of fused-ring (bicyclic) bond motifs is 1. The number of ether oxygens (including phenoxy) is 1. The van der Waals surface area contributed by atoms with Gasteiger partial charge in [-0.2, -0.15) is 0 Å². The van der Waals surface area contributed by atoms with Crippen LogP contribution in [0.4, 0.5) is 0 Å². The van der Waals surface area contributed by atoms with Gasteiger partial charge >= 0.3 is 0 Å². The first-order valence-electron chi connectivity index (χ1n) is 5.32. The summed E-state index contributed by atoms with van der Waals surface area (Å²) in [5, 5.41) is 0. The number of rotatable bonds is 3. The first kappa shape index (κ1) is 11.0. The standard InChI is InChI=1S/C12H16N2O2/c1-7(2)11(13)12-14-9-6-8(15-3)4-5-10(9)16-12/h4-7,11H,13H2,1-3H3/t11-/m0/s1. The van der Waals surface area contributed by atoms with Crippen LogP contribution in [0.15, 0.2) is 22.6 Å². The van der Waals surface area contributed by atoms with Crippen LogP contribution in [0.3, 0.4) is 0 Å². The van der Waals surface area contributed by atoms with Crippen molar-refractivity contribution in [3.63, 3.8) is 0 Å². The summed E-state index contributed by atoms with van der Waals surface area (Å²) >= 11 is 0. The average molecular weight is 220 g/mol. The predicted molar refractivity (Wildman–Crippen MR) is 62.3 cm³/mol. The molecule has 1 aromatic carbocycles. The molecular formula is C12H16N2O2. The molecule has 0 aliphatic heterocycles. The molecule has 0 amide bonds. The van der Waals surface area contributed by atoms with Crippen molar-refractivity contribution in [2.75, 3.05) is 7.11 Å². The van der Waals surface area contributed by atoms with Gasteiger partial charge in [-0.25, -0.2) is 4.98 Å². The summed E-state index contributed by atoms with van der Waals surface area (Å²) in [4.78, 5) is 4.37. The molecule has 0 saturated carbocycles. The molecule has 1 atom stereocenters. The van der Waals surface area contributed by atoms with Crippen molar-refractivity contribution in [3.05, 3.63) is 24.1 Å². The molecule has 4 nitrogen and oxygen atoms in total. The molecule has 0 saturated heterocycles. The SMILES string of the molecule is COc1ccc2oc([C@@H](N)C(C)C)nc2c1. The number of aromatic nitrogens is 1. The van der Waals surface area contributed by atoms with Gasteiger partial charge in [0.15, 0.2) is 5.58 Å². The first-order chi connectivity index (χ1) is 7.61. The van der Waals surface area contributed by atoms with E-state index in [9.17, 15) is 0 Å². The average Bonchev–Trinajstić information content (AvgIpc) is 2.69. The molecule has 86 valence electrons. The lowest BCUT2D eigenvalue weighted by atomic mass is 10.1. The van der Waals surface area contributed by atoms with Crippen LogP contribution in [0.1, 0.15) is 25.8 Å². The minimum atomic E-state index is -0.168. The Balaban J connectivity index is 2.43. The molecule has 4 heteroatoms. The second kappa shape index (κ2) is 4.14. The number of nitrogens with two attached hydrogens (primary N) is 1. The second-order valence-electron chi connectivity index (χ2n) is 4.16. The smallest absolute Gasteiger partial charge is 0.212 e. The van der Waals surface area contributed by atoms with E-state index in [0.717, 1.165) is 16.8 Å². The molecular weight excluding hydrogens is 204 g/mol. The molecule has 2 rings (SSSR count). The van der Waals surface area contributed by atoms with Crippen LogP contribution in [-0.4, -0.2) is 12.1 Å². The lowest BCUT2D eigenvalue weighted by molar-refractivity contribution is 0.403. The fourth-order valence-corrected chi connectivity index (χ4v) is 1.48. The number of methoxy groups -OCH3 is 1. The molecule has 2 aromatic rings. The van der Waals surface area contributed by atoms with Crippen molar-refractivity contribution < 1.29 is 9.15 Å². The van der Waals surface area contributed by atoms with Gasteiger partial charge in [0.2, 0.25) is 5.89 Å². The minimum absolute atomic E-state index is 0.168. The van der Waals surface area contributed by atoms with Gasteiger partial charge in [0, 0.05) is 6.07 Å². The Labute approximate surface area is 94.4 Å². The van der Waals surface area contributed by atoms with Crippen molar-refractivity contribution in [3.8, 4) is 5.75 Å². The molecule has 16 heavy (non-hydrogen) atoms. The maximum Gasteiger partial charge on any atom is 0.212 e. The Hall–Kier alpha value is -1.55. The molecule has 1 aromatic heterocycles. The number of hydrogen-bond donors (Lipinski definition) is 1. The van der Waals surface area contributed by atoms with Gasteiger partial charge in [0.05, 0.1) is 13.2 Å². The molecule has 0 aliphatic rings. The highest BCUT2D eigenvalue weighted by atomic mass is 16.5. The molecule has 0 fully saturated rings. The fraction of sp³-hybridized carbons (Fsp3) is 0.417. The van der Waals surface area contributed by atoms with E-state index >= 15 is 0 Å². The molecule has 0 unspecified atom stereocenters. The Morgan fingerprint density at radius 1 is 1.38 bits per heavy atom. The molecule has 0 spiro atoms. The molecule has 0 bridgehead atoms. The predicted octanol–water partition coefficient (Wildman–Crippen LogP) is 2.49. The summed E-state index contributed by atoms with van der Waals surface area (Å²) in [6, 6.07) is 5.36. The van der Waals surface area contributed by atoms with Crippen LogP contribution in [-0.2, 0) is 0 Å². The summed E-state index contributed by atoms with van der Waals surface area (Å²) in [5.74, 6) is 1.65. The summed E-state index contributed by atoms with van der Waals surface area (Å²) in [6.45, 7) is 4.08. The monoisotopic (exact) mass is 220 g/mol.